The van der Waals surface area contributed by atoms with Gasteiger partial charge in [-0.3, -0.25) is 9.36 Å². The van der Waals surface area contributed by atoms with Gasteiger partial charge < -0.3 is 9.64 Å². The van der Waals surface area contributed by atoms with E-state index in [4.69, 9.17) is 4.74 Å². The van der Waals surface area contributed by atoms with Crippen LogP contribution in [0.3, 0.4) is 0 Å². The van der Waals surface area contributed by atoms with Crippen LogP contribution in [0.25, 0.3) is 11.0 Å². The molecule has 0 radical (unpaired) electrons. The van der Waals surface area contributed by atoms with Gasteiger partial charge in [0.25, 0.3) is 5.56 Å². The molecule has 0 unspecified atom stereocenters. The van der Waals surface area contributed by atoms with Gasteiger partial charge in [0, 0.05) is 30.7 Å². The number of pyridine rings is 1. The Morgan fingerprint density at radius 1 is 1.32 bits per heavy atom. The molecule has 0 N–H and O–H groups in total. The van der Waals surface area contributed by atoms with Crippen LogP contribution < -0.4 is 5.56 Å². The van der Waals surface area contributed by atoms with E-state index in [0.717, 1.165) is 10.9 Å². The van der Waals surface area contributed by atoms with E-state index in [1.807, 2.05) is 34.0 Å². The molecule has 0 aromatic carbocycles. The number of carbonyl (C=O) groups is 1. The molecular formula is C19H25BrN4O3S. The molecule has 0 bridgehead atoms. The maximum absolute atomic E-state index is 13.0. The van der Waals surface area contributed by atoms with Gasteiger partial charge in [-0.25, -0.2) is 14.8 Å². The molecule has 3 heterocycles. The molecule has 1 fully saturated rings. The molecular weight excluding hydrogens is 444 g/mol. The number of ether oxygens (including phenoxy) is 1. The lowest BCUT2D eigenvalue weighted by molar-refractivity contribution is 0.0188. The summed E-state index contributed by atoms with van der Waals surface area (Å²) in [4.78, 5) is 36.1. The summed E-state index contributed by atoms with van der Waals surface area (Å²) in [5.74, 6) is 0. The van der Waals surface area contributed by atoms with Gasteiger partial charge in [-0.2, -0.15) is 0 Å². The van der Waals surface area contributed by atoms with Crippen LogP contribution in [0.2, 0.25) is 0 Å². The summed E-state index contributed by atoms with van der Waals surface area (Å²) in [5, 5.41) is 1.49. The smallest absolute Gasteiger partial charge is 0.410 e. The van der Waals surface area contributed by atoms with Crippen molar-refractivity contribution in [2.24, 2.45) is 0 Å². The summed E-state index contributed by atoms with van der Waals surface area (Å²) in [7, 11) is 0. The Kier molecular flexibility index (Phi) is 6.05. The number of aryl methyl sites for hydroxylation is 1. The van der Waals surface area contributed by atoms with Crippen molar-refractivity contribution in [2.45, 2.75) is 57.3 Å². The van der Waals surface area contributed by atoms with E-state index >= 15 is 0 Å². The standard InChI is InChI=1S/C19H25BrN4O3S/c1-11-13-10-21-17(28-5)22-15(13)24(16(25)14(11)20)12-6-8-23(9-7-12)18(26)27-19(2,3)4/h10,12H,6-9H2,1-5H3. The summed E-state index contributed by atoms with van der Waals surface area (Å²) in [5.41, 5.74) is 0.885. The lowest BCUT2D eigenvalue weighted by atomic mass is 10.0. The van der Waals surface area contributed by atoms with Crippen molar-refractivity contribution in [3.05, 3.63) is 26.6 Å². The highest BCUT2D eigenvalue weighted by Gasteiger charge is 2.29. The number of halogens is 1. The highest BCUT2D eigenvalue weighted by atomic mass is 79.9. The average Bonchev–Trinajstić information content (AvgIpc) is 2.65. The predicted molar refractivity (Wildman–Crippen MR) is 114 cm³/mol. The van der Waals surface area contributed by atoms with Crippen molar-refractivity contribution < 1.29 is 9.53 Å². The maximum Gasteiger partial charge on any atom is 0.410 e. The zero-order chi connectivity index (χ0) is 20.6. The third-order valence-corrected chi connectivity index (χ3v) is 6.27. The first kappa shape index (κ1) is 21.1. The molecule has 0 aliphatic carbocycles. The molecule has 9 heteroatoms. The van der Waals surface area contributed by atoms with E-state index in [0.29, 0.717) is 41.2 Å². The molecule has 28 heavy (non-hydrogen) atoms. The van der Waals surface area contributed by atoms with Gasteiger partial charge in [0.1, 0.15) is 11.2 Å². The van der Waals surface area contributed by atoms with E-state index in [9.17, 15) is 9.59 Å². The average molecular weight is 469 g/mol. The van der Waals surface area contributed by atoms with E-state index in [2.05, 4.69) is 25.9 Å². The van der Waals surface area contributed by atoms with Crippen molar-refractivity contribution in [1.29, 1.82) is 0 Å². The normalized spacial score (nSPS) is 15.9. The summed E-state index contributed by atoms with van der Waals surface area (Å²) in [6.07, 6.45) is 4.72. The monoisotopic (exact) mass is 468 g/mol. The van der Waals surface area contributed by atoms with Crippen LogP contribution in [0.5, 0.6) is 0 Å². The number of rotatable bonds is 2. The molecule has 3 rings (SSSR count). The first-order valence-corrected chi connectivity index (χ1v) is 11.2. The van der Waals surface area contributed by atoms with Crippen molar-refractivity contribution in [2.75, 3.05) is 19.3 Å². The van der Waals surface area contributed by atoms with Gasteiger partial charge in [0.15, 0.2) is 5.16 Å². The fourth-order valence-electron chi connectivity index (χ4n) is 3.36. The van der Waals surface area contributed by atoms with Crippen molar-refractivity contribution >= 4 is 44.8 Å². The van der Waals surface area contributed by atoms with E-state index in [1.165, 1.54) is 11.8 Å². The van der Waals surface area contributed by atoms with Crippen molar-refractivity contribution in [1.82, 2.24) is 19.4 Å². The van der Waals surface area contributed by atoms with Gasteiger partial charge in [-0.05, 0) is 68.3 Å². The van der Waals surface area contributed by atoms with Gasteiger partial charge >= 0.3 is 6.09 Å². The van der Waals surface area contributed by atoms with Crippen molar-refractivity contribution in [3.8, 4) is 0 Å². The second-order valence-corrected chi connectivity index (χ2v) is 9.47. The van der Waals surface area contributed by atoms with Gasteiger partial charge in [-0.15, -0.1) is 0 Å². The summed E-state index contributed by atoms with van der Waals surface area (Å²) in [6.45, 7) is 8.55. The van der Waals surface area contributed by atoms with Gasteiger partial charge in [-0.1, -0.05) is 11.8 Å². The van der Waals surface area contributed by atoms with Crippen LogP contribution in [-0.4, -0.2) is 50.5 Å². The number of fused-ring (bicyclic) bond motifs is 1. The lowest BCUT2D eigenvalue weighted by Gasteiger charge is -2.34. The molecule has 1 aliphatic heterocycles. The zero-order valence-corrected chi connectivity index (χ0v) is 19.2. The molecule has 1 aliphatic rings. The highest BCUT2D eigenvalue weighted by Crippen LogP contribution is 2.29. The number of carbonyl (C=O) groups excluding carboxylic acids is 1. The topological polar surface area (TPSA) is 77.3 Å². The largest absolute Gasteiger partial charge is 0.444 e. The molecule has 1 amide bonds. The third kappa shape index (κ3) is 4.20. The van der Waals surface area contributed by atoms with E-state index in [1.54, 1.807) is 15.7 Å². The second-order valence-electron chi connectivity index (χ2n) is 7.91. The SMILES string of the molecule is CSc1ncc2c(C)c(Br)c(=O)n(C3CCN(C(=O)OC(C)(C)C)CC3)c2n1. The first-order chi connectivity index (χ1) is 13.1. The Morgan fingerprint density at radius 3 is 2.54 bits per heavy atom. The van der Waals surface area contributed by atoms with Crippen LogP contribution in [-0.2, 0) is 4.74 Å². The van der Waals surface area contributed by atoms with Crippen molar-refractivity contribution in [3.63, 3.8) is 0 Å². The molecule has 2 aromatic heterocycles. The number of thioether (sulfide) groups is 1. The Labute approximate surface area is 177 Å². The fourth-order valence-corrected chi connectivity index (χ4v) is 4.10. The summed E-state index contributed by atoms with van der Waals surface area (Å²) < 4.78 is 7.77. The fraction of sp³-hybridized carbons (Fsp3) is 0.579. The Balaban J connectivity index is 1.93. The maximum atomic E-state index is 13.0. The summed E-state index contributed by atoms with van der Waals surface area (Å²) >= 11 is 4.89. The molecule has 0 spiro atoms. The van der Waals surface area contributed by atoms with Crippen LogP contribution >= 0.6 is 27.7 Å². The predicted octanol–water partition coefficient (Wildman–Crippen LogP) is 4.16. The Bertz CT molecular complexity index is 962. The van der Waals surface area contributed by atoms with E-state index in [-0.39, 0.29) is 17.7 Å². The number of piperidine rings is 1. The minimum absolute atomic E-state index is 0.0322. The van der Waals surface area contributed by atoms with Crippen LogP contribution in [0.15, 0.2) is 20.6 Å². The van der Waals surface area contributed by atoms with Crippen LogP contribution in [0, 0.1) is 6.92 Å². The summed E-state index contributed by atoms with van der Waals surface area (Å²) in [6, 6.07) is -0.0322. The van der Waals surface area contributed by atoms with Crippen LogP contribution in [0.4, 0.5) is 4.79 Å². The second kappa shape index (κ2) is 8.02. The Hall–Kier alpha value is -1.61. The number of nitrogens with zero attached hydrogens (tertiary/aromatic N) is 4. The molecule has 2 aromatic rings. The molecule has 0 saturated carbocycles. The zero-order valence-electron chi connectivity index (χ0n) is 16.8. The van der Waals surface area contributed by atoms with Gasteiger partial charge in [0.05, 0.1) is 4.47 Å². The van der Waals surface area contributed by atoms with Gasteiger partial charge in [0.2, 0.25) is 0 Å². The Morgan fingerprint density at radius 2 is 1.96 bits per heavy atom. The number of hydrogen-bond donors (Lipinski definition) is 0. The number of aromatic nitrogens is 3. The highest BCUT2D eigenvalue weighted by molar-refractivity contribution is 9.10. The number of amides is 1. The minimum atomic E-state index is -0.520. The quantitative estimate of drug-likeness (QED) is 0.486. The first-order valence-electron chi connectivity index (χ1n) is 9.21. The van der Waals surface area contributed by atoms with E-state index < -0.39 is 5.60 Å². The number of hydrogen-bond acceptors (Lipinski definition) is 6. The molecule has 0 atom stereocenters. The lowest BCUT2D eigenvalue weighted by Crippen LogP contribution is -2.43. The molecule has 7 nitrogen and oxygen atoms in total. The van der Waals surface area contributed by atoms with Crippen LogP contribution in [0.1, 0.15) is 45.2 Å². The molecule has 152 valence electrons. The third-order valence-electron chi connectivity index (χ3n) is 4.78. The number of likely N-dealkylation sites (tertiary alicyclic amines) is 1. The molecule has 1 saturated heterocycles. The minimum Gasteiger partial charge on any atom is -0.444 e.